The van der Waals surface area contributed by atoms with Crippen LogP contribution in [0.1, 0.15) is 38.0 Å². The number of hydrogen-bond donors (Lipinski definition) is 1. The predicted octanol–water partition coefficient (Wildman–Crippen LogP) is 4.06. The van der Waals surface area contributed by atoms with Crippen molar-refractivity contribution in [2.24, 2.45) is 0 Å². The molecule has 0 fully saturated rings. The number of amides is 3. The van der Waals surface area contributed by atoms with Crippen LogP contribution in [0.2, 0.25) is 15.1 Å². The topological polar surface area (TPSA) is 92.8 Å². The van der Waals surface area contributed by atoms with Crippen LogP contribution in [0.25, 0.3) is 0 Å². The van der Waals surface area contributed by atoms with Gasteiger partial charge in [0.25, 0.3) is 11.8 Å². The summed E-state index contributed by atoms with van der Waals surface area (Å²) in [6.45, 7) is 1.40. The monoisotopic (exact) mass is 454 g/mol. The lowest BCUT2D eigenvalue weighted by Crippen LogP contribution is -2.45. The van der Waals surface area contributed by atoms with Gasteiger partial charge in [0.15, 0.2) is 0 Å². The van der Waals surface area contributed by atoms with Crippen molar-refractivity contribution in [1.29, 1.82) is 0 Å². The first-order valence-electron chi connectivity index (χ1n) is 8.21. The molecule has 3 amide bonds. The Morgan fingerprint density at radius 1 is 0.966 bits per heavy atom. The van der Waals surface area contributed by atoms with E-state index in [0.29, 0.717) is 0 Å². The molecule has 1 aliphatic rings. The molecule has 150 valence electrons. The number of hydrogen-bond acceptors (Lipinski definition) is 5. The lowest BCUT2D eigenvalue weighted by atomic mass is 10.1. The zero-order chi connectivity index (χ0) is 21.5. The number of halogens is 3. The Balaban J connectivity index is 1.84. The number of nitrogens with one attached hydrogen (secondary N) is 1. The number of imide groups is 1. The average Bonchev–Trinajstić information content (AvgIpc) is 2.92. The summed E-state index contributed by atoms with van der Waals surface area (Å²) in [5, 5.41) is 2.96. The third-order valence-corrected chi connectivity index (χ3v) is 5.42. The van der Waals surface area contributed by atoms with Crippen LogP contribution in [0.4, 0.5) is 5.69 Å². The standard InChI is InChI=1S/C19H13Cl3N2O5/c1-8(16(25)23-9-3-4-13(20)12(5-9)19(28)29-2)24-17(26)10-6-14(21)15(22)7-11(10)18(24)27/h3-8H,1-2H3,(H,23,25). The molecule has 0 saturated carbocycles. The van der Waals surface area contributed by atoms with Gasteiger partial charge in [0.2, 0.25) is 5.91 Å². The van der Waals surface area contributed by atoms with Gasteiger partial charge in [-0.1, -0.05) is 34.8 Å². The fraction of sp³-hybridized carbons (Fsp3) is 0.158. The Kier molecular flexibility index (Phi) is 5.84. The van der Waals surface area contributed by atoms with Crippen molar-refractivity contribution in [1.82, 2.24) is 4.90 Å². The van der Waals surface area contributed by atoms with Gasteiger partial charge >= 0.3 is 5.97 Å². The molecule has 2 aromatic rings. The van der Waals surface area contributed by atoms with Crippen molar-refractivity contribution >= 4 is 64.2 Å². The number of ether oxygens (including phenoxy) is 1. The number of methoxy groups -OCH3 is 1. The lowest BCUT2D eigenvalue weighted by Gasteiger charge is -2.21. The Bertz CT molecular complexity index is 1030. The second kappa shape index (κ2) is 8.02. The number of esters is 1. The summed E-state index contributed by atoms with van der Waals surface area (Å²) < 4.78 is 4.63. The van der Waals surface area contributed by atoms with E-state index >= 15 is 0 Å². The number of fused-ring (bicyclic) bond motifs is 1. The summed E-state index contributed by atoms with van der Waals surface area (Å²) in [6.07, 6.45) is 0. The molecule has 0 radical (unpaired) electrons. The minimum Gasteiger partial charge on any atom is -0.465 e. The van der Waals surface area contributed by atoms with Gasteiger partial charge in [-0.25, -0.2) is 4.79 Å². The molecule has 1 atom stereocenters. The fourth-order valence-electron chi connectivity index (χ4n) is 2.84. The quantitative estimate of drug-likeness (QED) is 0.554. The highest BCUT2D eigenvalue weighted by molar-refractivity contribution is 6.43. The third-order valence-electron chi connectivity index (χ3n) is 4.36. The van der Waals surface area contributed by atoms with Gasteiger partial charge in [-0.3, -0.25) is 19.3 Å². The van der Waals surface area contributed by atoms with E-state index in [4.69, 9.17) is 34.8 Å². The van der Waals surface area contributed by atoms with E-state index in [1.165, 1.54) is 44.4 Å². The van der Waals surface area contributed by atoms with E-state index < -0.39 is 29.7 Å². The Labute approximate surface area is 180 Å². The largest absolute Gasteiger partial charge is 0.465 e. The highest BCUT2D eigenvalue weighted by Crippen LogP contribution is 2.32. The van der Waals surface area contributed by atoms with Crippen LogP contribution in [0.5, 0.6) is 0 Å². The third kappa shape index (κ3) is 3.81. The first-order valence-corrected chi connectivity index (χ1v) is 9.34. The normalized spacial score (nSPS) is 13.9. The van der Waals surface area contributed by atoms with Crippen molar-refractivity contribution in [3.63, 3.8) is 0 Å². The van der Waals surface area contributed by atoms with Gasteiger partial charge in [0.05, 0.1) is 38.9 Å². The van der Waals surface area contributed by atoms with E-state index in [2.05, 4.69) is 10.1 Å². The van der Waals surface area contributed by atoms with Crippen LogP contribution in [0, 0.1) is 0 Å². The molecular formula is C19H13Cl3N2O5. The van der Waals surface area contributed by atoms with Crippen molar-refractivity contribution in [3.05, 3.63) is 62.1 Å². The molecule has 1 heterocycles. The van der Waals surface area contributed by atoms with E-state index in [1.54, 1.807) is 0 Å². The smallest absolute Gasteiger partial charge is 0.339 e. The van der Waals surface area contributed by atoms with Crippen molar-refractivity contribution in [2.45, 2.75) is 13.0 Å². The summed E-state index contributed by atoms with van der Waals surface area (Å²) in [4.78, 5) is 50.5. The maximum absolute atomic E-state index is 12.7. The molecule has 0 aliphatic carbocycles. The summed E-state index contributed by atoms with van der Waals surface area (Å²) >= 11 is 17.8. The van der Waals surface area contributed by atoms with E-state index in [0.717, 1.165) is 4.90 Å². The van der Waals surface area contributed by atoms with Crippen LogP contribution in [0.15, 0.2) is 30.3 Å². The molecule has 2 aromatic carbocycles. The summed E-state index contributed by atoms with van der Waals surface area (Å²) in [6, 6.07) is 5.68. The number of benzene rings is 2. The van der Waals surface area contributed by atoms with Gasteiger partial charge in [-0.05, 0) is 37.3 Å². The fourth-order valence-corrected chi connectivity index (χ4v) is 3.36. The summed E-state index contributed by atoms with van der Waals surface area (Å²) in [5.41, 5.74) is 0.450. The highest BCUT2D eigenvalue weighted by Gasteiger charge is 2.41. The number of rotatable bonds is 4. The molecule has 10 heteroatoms. The zero-order valence-corrected chi connectivity index (χ0v) is 17.4. The molecule has 0 bridgehead atoms. The van der Waals surface area contributed by atoms with E-state index in [-0.39, 0.29) is 37.4 Å². The van der Waals surface area contributed by atoms with Crippen LogP contribution in [0.3, 0.4) is 0 Å². The van der Waals surface area contributed by atoms with Gasteiger partial charge < -0.3 is 10.1 Å². The number of anilines is 1. The molecule has 1 unspecified atom stereocenters. The van der Waals surface area contributed by atoms with Crippen LogP contribution >= 0.6 is 34.8 Å². The molecule has 0 spiro atoms. The first-order chi connectivity index (χ1) is 13.6. The average molecular weight is 456 g/mol. The summed E-state index contributed by atoms with van der Waals surface area (Å²) in [5.74, 6) is -2.63. The molecule has 3 rings (SSSR count). The molecule has 29 heavy (non-hydrogen) atoms. The highest BCUT2D eigenvalue weighted by atomic mass is 35.5. The van der Waals surface area contributed by atoms with Crippen molar-refractivity contribution in [3.8, 4) is 0 Å². The molecule has 1 N–H and O–H groups in total. The molecule has 7 nitrogen and oxygen atoms in total. The second-order valence-electron chi connectivity index (χ2n) is 6.14. The van der Waals surface area contributed by atoms with E-state index in [1.807, 2.05) is 0 Å². The number of carbonyl (C=O) groups is 4. The molecular weight excluding hydrogens is 443 g/mol. The predicted molar refractivity (Wildman–Crippen MR) is 108 cm³/mol. The maximum Gasteiger partial charge on any atom is 0.339 e. The van der Waals surface area contributed by atoms with Crippen molar-refractivity contribution < 1.29 is 23.9 Å². The molecule has 0 saturated heterocycles. The minimum absolute atomic E-state index is 0.0598. The van der Waals surface area contributed by atoms with Gasteiger partial charge in [0, 0.05) is 5.69 Å². The van der Waals surface area contributed by atoms with Gasteiger partial charge in [-0.15, -0.1) is 0 Å². The van der Waals surface area contributed by atoms with Crippen molar-refractivity contribution in [2.75, 3.05) is 12.4 Å². The molecule has 1 aliphatic heterocycles. The van der Waals surface area contributed by atoms with Gasteiger partial charge in [-0.2, -0.15) is 0 Å². The lowest BCUT2D eigenvalue weighted by molar-refractivity contribution is -0.119. The maximum atomic E-state index is 12.7. The first kappa shape index (κ1) is 21.1. The van der Waals surface area contributed by atoms with Crippen LogP contribution < -0.4 is 5.32 Å². The zero-order valence-electron chi connectivity index (χ0n) is 15.1. The summed E-state index contributed by atoms with van der Waals surface area (Å²) in [7, 11) is 1.20. The Morgan fingerprint density at radius 3 is 2.03 bits per heavy atom. The van der Waals surface area contributed by atoms with Crippen LogP contribution in [-0.4, -0.2) is 41.7 Å². The Morgan fingerprint density at radius 2 is 1.52 bits per heavy atom. The van der Waals surface area contributed by atoms with Crippen LogP contribution in [-0.2, 0) is 9.53 Å². The second-order valence-corrected chi connectivity index (χ2v) is 7.37. The molecule has 0 aromatic heterocycles. The van der Waals surface area contributed by atoms with Gasteiger partial charge in [0.1, 0.15) is 6.04 Å². The minimum atomic E-state index is -1.14. The number of carbonyl (C=O) groups excluding carboxylic acids is 4. The van der Waals surface area contributed by atoms with E-state index in [9.17, 15) is 19.2 Å². The Hall–Kier alpha value is -2.61. The number of nitrogens with zero attached hydrogens (tertiary/aromatic N) is 1. The SMILES string of the molecule is COC(=O)c1cc(NC(=O)C(C)N2C(=O)c3cc(Cl)c(Cl)cc3C2=O)ccc1Cl.